The molecule has 0 radical (unpaired) electrons. The minimum Gasteiger partial charge on any atom is -0.496 e. The van der Waals surface area contributed by atoms with Crippen LogP contribution in [-0.2, 0) is 29.2 Å². The summed E-state index contributed by atoms with van der Waals surface area (Å²) in [6, 6.07) is 1.87. The van der Waals surface area contributed by atoms with Crippen LogP contribution >= 0.6 is 0 Å². The molecule has 2 aliphatic carbocycles. The summed E-state index contributed by atoms with van der Waals surface area (Å²) in [5.74, 6) is 1.57. The van der Waals surface area contributed by atoms with E-state index < -0.39 is 11.5 Å². The van der Waals surface area contributed by atoms with Crippen molar-refractivity contribution in [1.82, 2.24) is 0 Å². The third-order valence-electron chi connectivity index (χ3n) is 7.11. The van der Waals surface area contributed by atoms with Crippen molar-refractivity contribution in [2.45, 2.75) is 38.7 Å². The summed E-state index contributed by atoms with van der Waals surface area (Å²) in [5, 5.41) is 0. The summed E-state index contributed by atoms with van der Waals surface area (Å²) in [7, 11) is 2.98. The molecule has 0 bridgehead atoms. The number of methoxy groups -OCH3 is 2. The highest BCUT2D eigenvalue weighted by Gasteiger charge is 2.58. The fraction of sp³-hybridized carbons (Fsp3) is 0.500. The molecule has 8 nitrogen and oxygen atoms in total. The average molecular weight is 442 g/mol. The van der Waals surface area contributed by atoms with Gasteiger partial charge in [0.1, 0.15) is 18.1 Å². The van der Waals surface area contributed by atoms with E-state index in [0.29, 0.717) is 29.4 Å². The molecule has 0 saturated carbocycles. The van der Waals surface area contributed by atoms with Crippen molar-refractivity contribution in [1.29, 1.82) is 0 Å². The lowest BCUT2D eigenvalue weighted by atomic mass is 9.62. The van der Waals surface area contributed by atoms with Gasteiger partial charge in [0.05, 0.1) is 14.2 Å². The zero-order valence-electron chi connectivity index (χ0n) is 18.8. The first-order valence-electron chi connectivity index (χ1n) is 10.7. The fourth-order valence-electron chi connectivity index (χ4n) is 5.47. The van der Waals surface area contributed by atoms with Crippen molar-refractivity contribution in [3.05, 3.63) is 40.4 Å². The molecule has 4 unspecified atom stereocenters. The predicted octanol–water partition coefficient (Wildman–Crippen LogP) is 3.34. The first-order chi connectivity index (χ1) is 15.3. The molecule has 2 aliphatic heterocycles. The van der Waals surface area contributed by atoms with E-state index in [4.69, 9.17) is 28.4 Å². The molecular formula is C24H26O8. The van der Waals surface area contributed by atoms with Gasteiger partial charge in [-0.05, 0) is 30.1 Å². The van der Waals surface area contributed by atoms with Crippen LogP contribution in [0.1, 0.15) is 44.4 Å². The van der Waals surface area contributed by atoms with Gasteiger partial charge >= 0.3 is 5.97 Å². The predicted molar refractivity (Wildman–Crippen MR) is 111 cm³/mol. The summed E-state index contributed by atoms with van der Waals surface area (Å²) < 4.78 is 34.9. The monoisotopic (exact) mass is 442 g/mol. The van der Waals surface area contributed by atoms with Gasteiger partial charge < -0.3 is 28.4 Å². The van der Waals surface area contributed by atoms with Gasteiger partial charge in [-0.3, -0.25) is 9.59 Å². The molecule has 0 aromatic heterocycles. The molecule has 0 saturated heterocycles. The van der Waals surface area contributed by atoms with Crippen molar-refractivity contribution in [3.63, 3.8) is 0 Å². The molecule has 1 spiro atoms. The highest BCUT2D eigenvalue weighted by molar-refractivity contribution is 6.05. The molecule has 8 heteroatoms. The van der Waals surface area contributed by atoms with Gasteiger partial charge in [-0.15, -0.1) is 0 Å². The van der Waals surface area contributed by atoms with Gasteiger partial charge in [0.25, 0.3) is 0 Å². The first kappa shape index (κ1) is 20.7. The number of rotatable bonds is 3. The number of carbonyl (C=O) groups is 2. The molecule has 4 atom stereocenters. The number of benzene rings is 1. The lowest BCUT2D eigenvalue weighted by Gasteiger charge is -2.42. The van der Waals surface area contributed by atoms with E-state index in [1.165, 1.54) is 21.1 Å². The van der Waals surface area contributed by atoms with Crippen LogP contribution in [0.5, 0.6) is 17.2 Å². The van der Waals surface area contributed by atoms with Crippen LogP contribution in [0.4, 0.5) is 0 Å². The van der Waals surface area contributed by atoms with Crippen LogP contribution in [-0.4, -0.2) is 39.4 Å². The van der Waals surface area contributed by atoms with Gasteiger partial charge in [0.2, 0.25) is 24.1 Å². The quantitative estimate of drug-likeness (QED) is 0.659. The van der Waals surface area contributed by atoms with Crippen LogP contribution in [0.3, 0.4) is 0 Å². The Morgan fingerprint density at radius 2 is 1.91 bits per heavy atom. The minimum absolute atomic E-state index is 0.0308. The Hall–Kier alpha value is -3.16. The van der Waals surface area contributed by atoms with Crippen LogP contribution in [0.15, 0.2) is 29.2 Å². The van der Waals surface area contributed by atoms with Gasteiger partial charge in [-0.1, -0.05) is 13.8 Å². The average Bonchev–Trinajstić information content (AvgIpc) is 3.38. The van der Waals surface area contributed by atoms with Gasteiger partial charge in [0.15, 0.2) is 17.3 Å². The smallest absolute Gasteiger partial charge is 0.303 e. The summed E-state index contributed by atoms with van der Waals surface area (Å²) >= 11 is 0. The number of fused-ring (bicyclic) bond motifs is 2. The molecule has 5 rings (SSSR count). The lowest BCUT2D eigenvalue weighted by Crippen LogP contribution is -2.42. The third kappa shape index (κ3) is 2.61. The van der Waals surface area contributed by atoms with Crippen LogP contribution in [0.2, 0.25) is 0 Å². The summed E-state index contributed by atoms with van der Waals surface area (Å²) in [6.45, 7) is 5.83. The molecule has 0 fully saturated rings. The van der Waals surface area contributed by atoms with Crippen molar-refractivity contribution in [2.24, 2.45) is 11.8 Å². The number of ether oxygens (including phenoxy) is 6. The van der Waals surface area contributed by atoms with E-state index >= 15 is 0 Å². The van der Waals surface area contributed by atoms with E-state index in [9.17, 15) is 9.59 Å². The standard InChI is InChI=1S/C24H26O8/c1-11-6-14-7-16(26)20(27-4)23(28-5)24(14)9-29-22-18(24)15(8-17-21(22)31-10-30-17)19(12(11)2)32-13(3)25/h7-8,11-12,19H,6,9-10H2,1-5H3. The Morgan fingerprint density at radius 3 is 2.59 bits per heavy atom. The first-order valence-corrected chi connectivity index (χ1v) is 10.7. The van der Waals surface area contributed by atoms with E-state index in [1.807, 2.05) is 6.07 Å². The number of ketones is 1. The maximum absolute atomic E-state index is 12.9. The maximum Gasteiger partial charge on any atom is 0.303 e. The molecule has 0 amide bonds. The minimum atomic E-state index is -0.896. The largest absolute Gasteiger partial charge is 0.496 e. The van der Waals surface area contributed by atoms with Gasteiger partial charge in [0, 0.05) is 24.0 Å². The SMILES string of the molecule is COC1=C(OC)C23COc4c5c(cc(c42)C(OC(C)=O)C(C)C(C)CC3=CC1=O)OCO5. The van der Waals surface area contributed by atoms with Crippen molar-refractivity contribution in [3.8, 4) is 17.2 Å². The normalized spacial score (nSPS) is 29.8. The van der Waals surface area contributed by atoms with Gasteiger partial charge in [-0.2, -0.15) is 0 Å². The van der Waals surface area contributed by atoms with E-state index in [0.717, 1.165) is 16.7 Å². The number of hydrogen-bond donors (Lipinski definition) is 0. The van der Waals surface area contributed by atoms with Crippen molar-refractivity contribution < 1.29 is 38.0 Å². The third-order valence-corrected chi connectivity index (χ3v) is 7.11. The number of carbonyl (C=O) groups excluding carboxylic acids is 2. The second-order valence-electron chi connectivity index (χ2n) is 8.77. The fourth-order valence-corrected chi connectivity index (χ4v) is 5.47. The molecule has 0 N–H and O–H groups in total. The molecule has 170 valence electrons. The second kappa shape index (κ2) is 7.18. The number of esters is 1. The Morgan fingerprint density at radius 1 is 1.12 bits per heavy atom. The highest BCUT2D eigenvalue weighted by Crippen LogP contribution is 2.62. The van der Waals surface area contributed by atoms with E-state index in [2.05, 4.69) is 13.8 Å². The van der Waals surface area contributed by atoms with E-state index in [-0.39, 0.29) is 42.7 Å². The Bertz CT molecular complexity index is 1080. The summed E-state index contributed by atoms with van der Waals surface area (Å²) in [4.78, 5) is 25.0. The molecule has 1 aromatic carbocycles. The topological polar surface area (TPSA) is 89.5 Å². The second-order valence-corrected chi connectivity index (χ2v) is 8.77. The van der Waals surface area contributed by atoms with Crippen molar-refractivity contribution in [2.75, 3.05) is 27.6 Å². The van der Waals surface area contributed by atoms with Crippen molar-refractivity contribution >= 4 is 11.8 Å². The molecular weight excluding hydrogens is 416 g/mol. The maximum atomic E-state index is 12.9. The molecule has 4 aliphatic rings. The Balaban J connectivity index is 1.88. The highest BCUT2D eigenvalue weighted by atomic mass is 16.7. The van der Waals surface area contributed by atoms with Gasteiger partial charge in [-0.25, -0.2) is 0 Å². The number of allylic oxidation sites excluding steroid dienone is 1. The number of hydrogen-bond acceptors (Lipinski definition) is 8. The van der Waals surface area contributed by atoms with E-state index in [1.54, 1.807) is 6.08 Å². The Labute approximate surface area is 186 Å². The zero-order valence-corrected chi connectivity index (χ0v) is 18.8. The Kier molecular flexibility index (Phi) is 4.65. The molecule has 2 heterocycles. The zero-order chi connectivity index (χ0) is 22.8. The lowest BCUT2D eigenvalue weighted by molar-refractivity contribution is -0.150. The van der Waals surface area contributed by atoms with Crippen LogP contribution in [0, 0.1) is 11.8 Å². The van der Waals surface area contributed by atoms with Crippen LogP contribution < -0.4 is 14.2 Å². The molecule has 1 aromatic rings. The summed E-state index contributed by atoms with van der Waals surface area (Å²) in [5.41, 5.74) is 1.53. The summed E-state index contributed by atoms with van der Waals surface area (Å²) in [6.07, 6.45) is 1.71. The molecule has 32 heavy (non-hydrogen) atoms. The van der Waals surface area contributed by atoms with Crippen LogP contribution in [0.25, 0.3) is 0 Å².